The molecule has 0 atom stereocenters. The highest BCUT2D eigenvalue weighted by atomic mass is 16.5. The van der Waals surface area contributed by atoms with Gasteiger partial charge in [-0.05, 0) is 20.5 Å². The Hall–Kier alpha value is -1.22. The molecule has 0 spiro atoms. The number of aliphatic carboxylic acids is 1. The van der Waals surface area contributed by atoms with Crippen LogP contribution in [0.5, 0.6) is 0 Å². The molecule has 0 radical (unpaired) electrons. The molecule has 0 aliphatic rings. The Morgan fingerprint density at radius 3 is 2.04 bits per heavy atom. The zero-order valence-corrected chi connectivity index (χ0v) is 14.2. The molecule has 0 aliphatic heterocycles. The molecule has 0 bridgehead atoms. The second-order valence-corrected chi connectivity index (χ2v) is 5.24. The Morgan fingerprint density at radius 2 is 1.48 bits per heavy atom. The Labute approximate surface area is 138 Å². The Morgan fingerprint density at radius 1 is 0.913 bits per heavy atom. The fourth-order valence-electron chi connectivity index (χ4n) is 1.50. The van der Waals surface area contributed by atoms with Gasteiger partial charge in [0.25, 0.3) is 0 Å². The molecule has 2 N–H and O–H groups in total. The first-order valence-electron chi connectivity index (χ1n) is 7.89. The highest BCUT2D eigenvalue weighted by Gasteiger charge is 2.03. The summed E-state index contributed by atoms with van der Waals surface area (Å²) in [6.07, 6.45) is 0.561. The second-order valence-electron chi connectivity index (χ2n) is 5.24. The van der Waals surface area contributed by atoms with Crippen LogP contribution in [0.15, 0.2) is 0 Å². The van der Waals surface area contributed by atoms with Gasteiger partial charge in [-0.25, -0.2) is 0 Å². The number of carbonyl (C=O) groups excluding carboxylic acids is 1. The molecule has 0 aromatic heterocycles. The van der Waals surface area contributed by atoms with E-state index in [1.807, 2.05) is 14.1 Å². The molecule has 23 heavy (non-hydrogen) atoms. The van der Waals surface area contributed by atoms with Crippen molar-refractivity contribution < 1.29 is 28.9 Å². The van der Waals surface area contributed by atoms with Gasteiger partial charge < -0.3 is 29.5 Å². The van der Waals surface area contributed by atoms with Gasteiger partial charge in [-0.2, -0.15) is 0 Å². The predicted molar refractivity (Wildman–Crippen MR) is 85.5 cm³/mol. The Kier molecular flexibility index (Phi) is 14.8. The van der Waals surface area contributed by atoms with E-state index >= 15 is 0 Å². The van der Waals surface area contributed by atoms with E-state index < -0.39 is 5.97 Å². The maximum atomic E-state index is 11.2. The van der Waals surface area contributed by atoms with E-state index in [2.05, 4.69) is 10.2 Å². The predicted octanol–water partition coefficient (Wildman–Crippen LogP) is -0.0311. The number of carboxylic acids is 1. The van der Waals surface area contributed by atoms with Crippen molar-refractivity contribution in [2.45, 2.75) is 19.3 Å². The molecule has 0 aromatic carbocycles. The third-order valence-corrected chi connectivity index (χ3v) is 2.78. The molecule has 0 saturated heterocycles. The van der Waals surface area contributed by atoms with Crippen LogP contribution in [0.1, 0.15) is 19.3 Å². The quantitative estimate of drug-likeness (QED) is 0.383. The van der Waals surface area contributed by atoms with Gasteiger partial charge in [-0.3, -0.25) is 9.59 Å². The van der Waals surface area contributed by atoms with Gasteiger partial charge in [0.15, 0.2) is 0 Å². The van der Waals surface area contributed by atoms with Crippen LogP contribution >= 0.6 is 0 Å². The number of likely N-dealkylation sites (N-methyl/N-ethyl adjacent to an activating group) is 1. The van der Waals surface area contributed by atoms with Gasteiger partial charge in [-0.1, -0.05) is 0 Å². The van der Waals surface area contributed by atoms with Gasteiger partial charge in [0.2, 0.25) is 5.91 Å². The molecule has 0 aromatic rings. The minimum atomic E-state index is -0.966. The summed E-state index contributed by atoms with van der Waals surface area (Å²) in [5.41, 5.74) is 0. The number of hydrogen-bond acceptors (Lipinski definition) is 6. The summed E-state index contributed by atoms with van der Waals surface area (Å²) in [5, 5.41) is 11.1. The van der Waals surface area contributed by atoms with Crippen LogP contribution in [-0.4, -0.2) is 88.7 Å². The van der Waals surface area contributed by atoms with Crippen molar-refractivity contribution in [3.05, 3.63) is 0 Å². The van der Waals surface area contributed by atoms with Crippen molar-refractivity contribution in [3.63, 3.8) is 0 Å². The average molecular weight is 334 g/mol. The number of nitrogens with one attached hydrogen (secondary N) is 1. The molecule has 0 fully saturated rings. The number of carbonyl (C=O) groups is 2. The minimum absolute atomic E-state index is 0.0145. The molecule has 8 heteroatoms. The van der Waals surface area contributed by atoms with E-state index in [4.69, 9.17) is 19.3 Å². The number of ether oxygens (including phenoxy) is 3. The molecule has 0 rings (SSSR count). The van der Waals surface area contributed by atoms with Crippen molar-refractivity contribution in [2.75, 3.05) is 66.8 Å². The fourth-order valence-corrected chi connectivity index (χ4v) is 1.50. The van der Waals surface area contributed by atoms with E-state index in [-0.39, 0.29) is 18.7 Å². The molecule has 0 saturated carbocycles. The molecule has 8 nitrogen and oxygen atoms in total. The van der Waals surface area contributed by atoms with Crippen LogP contribution in [0.2, 0.25) is 0 Å². The monoisotopic (exact) mass is 334 g/mol. The van der Waals surface area contributed by atoms with E-state index in [1.54, 1.807) is 0 Å². The Balaban J connectivity index is 3.13. The summed E-state index contributed by atoms with van der Waals surface area (Å²) >= 11 is 0. The largest absolute Gasteiger partial charge is 0.481 e. The van der Waals surface area contributed by atoms with Gasteiger partial charge in [-0.15, -0.1) is 0 Å². The number of hydrogen-bond donors (Lipinski definition) is 2. The molecule has 136 valence electrons. The molecule has 0 heterocycles. The van der Waals surface area contributed by atoms with Crippen molar-refractivity contribution in [3.8, 4) is 0 Å². The topological polar surface area (TPSA) is 97.3 Å². The molecule has 0 aliphatic carbocycles. The van der Waals surface area contributed by atoms with E-state index in [1.165, 1.54) is 0 Å². The first kappa shape index (κ1) is 21.8. The maximum absolute atomic E-state index is 11.2. The fraction of sp³-hybridized carbons (Fsp3) is 0.867. The van der Waals surface area contributed by atoms with Gasteiger partial charge in [0.05, 0.1) is 39.5 Å². The van der Waals surface area contributed by atoms with E-state index in [0.29, 0.717) is 52.6 Å². The second kappa shape index (κ2) is 15.7. The third kappa shape index (κ3) is 18.7. The first-order valence-corrected chi connectivity index (χ1v) is 7.89. The van der Waals surface area contributed by atoms with Crippen LogP contribution in [0.4, 0.5) is 0 Å². The molecular formula is C15H30N2O6. The summed E-state index contributed by atoms with van der Waals surface area (Å²) in [5.74, 6) is -1.21. The number of amides is 1. The zero-order valence-electron chi connectivity index (χ0n) is 14.2. The standard InChI is InChI=1S/C15H30N2O6/c1-17(2)7-9-22-11-13-23-12-10-21-8-3-6-16-14(18)4-5-15(19)20/h3-13H2,1-2H3,(H,16,18)(H,19,20). The van der Waals surface area contributed by atoms with Crippen molar-refractivity contribution in [1.29, 1.82) is 0 Å². The summed E-state index contributed by atoms with van der Waals surface area (Å²) in [7, 11) is 4.00. The van der Waals surface area contributed by atoms with Crippen LogP contribution in [0.25, 0.3) is 0 Å². The molecule has 0 unspecified atom stereocenters. The maximum Gasteiger partial charge on any atom is 0.303 e. The first-order chi connectivity index (χ1) is 11.0. The Bertz CT molecular complexity index is 312. The van der Waals surface area contributed by atoms with Gasteiger partial charge in [0, 0.05) is 26.1 Å². The summed E-state index contributed by atoms with van der Waals surface area (Å²) < 4.78 is 16.1. The van der Waals surface area contributed by atoms with Crippen LogP contribution in [0.3, 0.4) is 0 Å². The van der Waals surface area contributed by atoms with Crippen LogP contribution in [-0.2, 0) is 23.8 Å². The minimum Gasteiger partial charge on any atom is -0.481 e. The van der Waals surface area contributed by atoms with Crippen molar-refractivity contribution in [1.82, 2.24) is 10.2 Å². The lowest BCUT2D eigenvalue weighted by Gasteiger charge is -2.10. The van der Waals surface area contributed by atoms with Crippen LogP contribution < -0.4 is 5.32 Å². The number of rotatable bonds is 16. The van der Waals surface area contributed by atoms with Crippen molar-refractivity contribution in [2.24, 2.45) is 0 Å². The van der Waals surface area contributed by atoms with E-state index in [9.17, 15) is 9.59 Å². The SMILES string of the molecule is CN(C)CCOCCOCCOCCCNC(=O)CCC(=O)O. The molecular weight excluding hydrogens is 304 g/mol. The zero-order chi connectivity index (χ0) is 17.3. The summed E-state index contributed by atoms with van der Waals surface area (Å²) in [6, 6.07) is 0. The van der Waals surface area contributed by atoms with E-state index in [0.717, 1.165) is 6.54 Å². The van der Waals surface area contributed by atoms with Crippen molar-refractivity contribution >= 4 is 11.9 Å². The highest BCUT2D eigenvalue weighted by molar-refractivity contribution is 5.80. The summed E-state index contributed by atoms with van der Waals surface area (Å²) in [6.45, 7) is 4.77. The lowest BCUT2D eigenvalue weighted by molar-refractivity contribution is -0.138. The molecule has 1 amide bonds. The lowest BCUT2D eigenvalue weighted by atomic mass is 10.3. The summed E-state index contributed by atoms with van der Waals surface area (Å²) in [4.78, 5) is 23.6. The third-order valence-electron chi connectivity index (χ3n) is 2.78. The number of nitrogens with zero attached hydrogens (tertiary/aromatic N) is 1. The number of carboxylic acid groups (broad SMARTS) is 1. The lowest BCUT2D eigenvalue weighted by Crippen LogP contribution is -2.25. The van der Waals surface area contributed by atoms with Gasteiger partial charge >= 0.3 is 5.97 Å². The normalized spacial score (nSPS) is 10.9. The highest BCUT2D eigenvalue weighted by Crippen LogP contribution is 1.89. The van der Waals surface area contributed by atoms with Crippen LogP contribution in [0, 0.1) is 0 Å². The smallest absolute Gasteiger partial charge is 0.303 e. The van der Waals surface area contributed by atoms with Gasteiger partial charge in [0.1, 0.15) is 0 Å². The average Bonchev–Trinajstić information content (AvgIpc) is 2.49.